The molecule has 1 aromatic rings. The molecule has 1 rings (SSSR count). The normalized spacial score (nSPS) is 13.4. The summed E-state index contributed by atoms with van der Waals surface area (Å²) in [6.07, 6.45) is 0. The van der Waals surface area contributed by atoms with Crippen LogP contribution in [-0.4, -0.2) is 30.3 Å². The fourth-order valence-corrected chi connectivity index (χ4v) is 1.87. The molecule has 0 saturated carbocycles. The Balaban J connectivity index is 2.62. The van der Waals surface area contributed by atoms with Crippen LogP contribution in [0, 0.1) is 5.92 Å². The van der Waals surface area contributed by atoms with Gasteiger partial charge >= 0.3 is 12.0 Å². The molecule has 0 radical (unpaired) electrons. The lowest BCUT2D eigenvalue weighted by molar-refractivity contribution is -0.140. The van der Waals surface area contributed by atoms with Crippen molar-refractivity contribution in [2.75, 3.05) is 7.11 Å². The number of aliphatic carboxylic acids is 1. The van der Waals surface area contributed by atoms with Gasteiger partial charge in [0.05, 0.1) is 13.2 Å². The maximum absolute atomic E-state index is 11.9. The second-order valence-electron chi connectivity index (χ2n) is 5.17. The molecule has 0 aromatic heterocycles. The van der Waals surface area contributed by atoms with Crippen molar-refractivity contribution in [1.82, 2.24) is 10.6 Å². The third-order valence-electron chi connectivity index (χ3n) is 3.18. The molecule has 0 saturated heterocycles. The van der Waals surface area contributed by atoms with Gasteiger partial charge in [-0.1, -0.05) is 26.0 Å². The van der Waals surface area contributed by atoms with Crippen LogP contribution < -0.4 is 15.4 Å². The van der Waals surface area contributed by atoms with Crippen molar-refractivity contribution in [1.29, 1.82) is 0 Å². The van der Waals surface area contributed by atoms with Crippen LogP contribution in [0.3, 0.4) is 0 Å². The minimum atomic E-state index is -1.04. The van der Waals surface area contributed by atoms with Crippen LogP contribution in [0.5, 0.6) is 5.75 Å². The van der Waals surface area contributed by atoms with E-state index in [4.69, 9.17) is 9.84 Å². The molecule has 0 fully saturated rings. The second-order valence-corrected chi connectivity index (χ2v) is 5.17. The summed E-state index contributed by atoms with van der Waals surface area (Å²) in [6, 6.07) is 5.66. The molecule has 2 unspecified atom stereocenters. The molecule has 0 spiro atoms. The molecule has 0 aliphatic heterocycles. The lowest BCUT2D eigenvalue weighted by atomic mass is 10.1. The summed E-state index contributed by atoms with van der Waals surface area (Å²) in [7, 11) is 1.59. The van der Waals surface area contributed by atoms with Crippen LogP contribution in [0.25, 0.3) is 0 Å². The standard InChI is InChI=1S/C15H22N2O4/c1-9(2)13(14(18)19)17-15(20)16-10(3)11-5-7-12(21-4)8-6-11/h5-10,13H,1-4H3,(H,18,19)(H2,16,17,20). The zero-order chi connectivity index (χ0) is 16.0. The Labute approximate surface area is 124 Å². The van der Waals surface area contributed by atoms with Crippen LogP contribution in [0.4, 0.5) is 4.79 Å². The molecule has 6 nitrogen and oxygen atoms in total. The van der Waals surface area contributed by atoms with Gasteiger partial charge in [0.15, 0.2) is 0 Å². The Morgan fingerprint density at radius 1 is 1.10 bits per heavy atom. The van der Waals surface area contributed by atoms with E-state index < -0.39 is 18.0 Å². The number of urea groups is 1. The minimum Gasteiger partial charge on any atom is -0.497 e. The highest BCUT2D eigenvalue weighted by Crippen LogP contribution is 2.17. The van der Waals surface area contributed by atoms with Gasteiger partial charge in [0.25, 0.3) is 0 Å². The van der Waals surface area contributed by atoms with E-state index in [0.717, 1.165) is 11.3 Å². The first-order valence-electron chi connectivity index (χ1n) is 6.79. The molecule has 2 amide bonds. The summed E-state index contributed by atoms with van der Waals surface area (Å²) in [4.78, 5) is 22.9. The Kier molecular flexibility index (Phi) is 6.02. The van der Waals surface area contributed by atoms with E-state index in [1.165, 1.54) is 0 Å². The molecule has 2 atom stereocenters. The minimum absolute atomic E-state index is 0.190. The number of benzene rings is 1. The average molecular weight is 294 g/mol. The maximum atomic E-state index is 11.9. The molecule has 0 heterocycles. The first-order valence-corrected chi connectivity index (χ1v) is 6.79. The summed E-state index contributed by atoms with van der Waals surface area (Å²) in [6.45, 7) is 5.31. The van der Waals surface area contributed by atoms with E-state index in [-0.39, 0.29) is 12.0 Å². The zero-order valence-electron chi connectivity index (χ0n) is 12.7. The largest absolute Gasteiger partial charge is 0.497 e. The lowest BCUT2D eigenvalue weighted by Gasteiger charge is -2.21. The van der Waals surface area contributed by atoms with E-state index in [0.29, 0.717) is 0 Å². The van der Waals surface area contributed by atoms with Crippen molar-refractivity contribution in [3.8, 4) is 5.75 Å². The Hall–Kier alpha value is -2.24. The van der Waals surface area contributed by atoms with Gasteiger partial charge in [-0.2, -0.15) is 0 Å². The monoisotopic (exact) mass is 294 g/mol. The van der Waals surface area contributed by atoms with E-state index >= 15 is 0 Å². The van der Waals surface area contributed by atoms with E-state index in [1.807, 2.05) is 19.1 Å². The van der Waals surface area contributed by atoms with Crippen molar-refractivity contribution >= 4 is 12.0 Å². The molecule has 116 valence electrons. The summed E-state index contributed by atoms with van der Waals surface area (Å²) in [5.41, 5.74) is 0.905. The van der Waals surface area contributed by atoms with Crippen molar-refractivity contribution in [2.24, 2.45) is 5.92 Å². The number of hydrogen-bond acceptors (Lipinski definition) is 3. The number of carbonyl (C=O) groups is 2. The summed E-state index contributed by atoms with van der Waals surface area (Å²) < 4.78 is 5.07. The molecular weight excluding hydrogens is 272 g/mol. The first kappa shape index (κ1) is 16.8. The molecule has 0 bridgehead atoms. The van der Waals surface area contributed by atoms with Crippen molar-refractivity contribution in [3.05, 3.63) is 29.8 Å². The van der Waals surface area contributed by atoms with E-state index in [1.54, 1.807) is 33.1 Å². The molecular formula is C15H22N2O4. The van der Waals surface area contributed by atoms with Crippen LogP contribution in [-0.2, 0) is 4.79 Å². The SMILES string of the molecule is COc1ccc(C(C)NC(=O)NC(C(=O)O)C(C)C)cc1. The average Bonchev–Trinajstić information content (AvgIpc) is 2.44. The van der Waals surface area contributed by atoms with Crippen LogP contribution in [0.2, 0.25) is 0 Å². The van der Waals surface area contributed by atoms with Crippen molar-refractivity contribution in [2.45, 2.75) is 32.9 Å². The number of carbonyl (C=O) groups excluding carboxylic acids is 1. The van der Waals surface area contributed by atoms with Gasteiger partial charge in [-0.3, -0.25) is 0 Å². The van der Waals surface area contributed by atoms with Crippen molar-refractivity contribution in [3.63, 3.8) is 0 Å². The number of nitrogens with one attached hydrogen (secondary N) is 2. The highest BCUT2D eigenvalue weighted by atomic mass is 16.5. The number of methoxy groups -OCH3 is 1. The third-order valence-corrected chi connectivity index (χ3v) is 3.18. The number of carboxylic acids is 1. The molecule has 6 heteroatoms. The molecule has 0 aliphatic rings. The van der Waals surface area contributed by atoms with Gasteiger partial charge in [0.2, 0.25) is 0 Å². The Bertz CT molecular complexity index is 485. The molecule has 1 aromatic carbocycles. The first-order chi connectivity index (χ1) is 9.85. The number of hydrogen-bond donors (Lipinski definition) is 3. The Morgan fingerprint density at radius 3 is 2.10 bits per heavy atom. The predicted octanol–water partition coefficient (Wildman–Crippen LogP) is 2.16. The second kappa shape index (κ2) is 7.52. The van der Waals surface area contributed by atoms with Crippen molar-refractivity contribution < 1.29 is 19.4 Å². The van der Waals surface area contributed by atoms with Gasteiger partial charge in [0, 0.05) is 0 Å². The summed E-state index contributed by atoms with van der Waals surface area (Å²) in [5, 5.41) is 14.2. The van der Waals surface area contributed by atoms with Gasteiger partial charge in [-0.25, -0.2) is 9.59 Å². The Morgan fingerprint density at radius 2 is 1.67 bits per heavy atom. The molecule has 3 N–H and O–H groups in total. The number of rotatable bonds is 6. The number of ether oxygens (including phenoxy) is 1. The highest BCUT2D eigenvalue weighted by Gasteiger charge is 2.23. The number of amides is 2. The van der Waals surface area contributed by atoms with Gasteiger partial charge in [0.1, 0.15) is 11.8 Å². The topological polar surface area (TPSA) is 87.7 Å². The van der Waals surface area contributed by atoms with Gasteiger partial charge in [-0.05, 0) is 30.5 Å². The van der Waals surface area contributed by atoms with Crippen LogP contribution in [0.1, 0.15) is 32.4 Å². The maximum Gasteiger partial charge on any atom is 0.326 e. The summed E-state index contributed by atoms with van der Waals surface area (Å²) in [5.74, 6) is -0.497. The van der Waals surface area contributed by atoms with Gasteiger partial charge < -0.3 is 20.5 Å². The lowest BCUT2D eigenvalue weighted by Crippen LogP contribution is -2.49. The predicted molar refractivity (Wildman–Crippen MR) is 79.3 cm³/mol. The van der Waals surface area contributed by atoms with Crippen LogP contribution >= 0.6 is 0 Å². The fraction of sp³-hybridized carbons (Fsp3) is 0.467. The van der Waals surface area contributed by atoms with Gasteiger partial charge in [-0.15, -0.1) is 0 Å². The number of carboxylic acid groups (broad SMARTS) is 1. The third kappa shape index (κ3) is 4.98. The van der Waals surface area contributed by atoms with E-state index in [9.17, 15) is 9.59 Å². The van der Waals surface area contributed by atoms with Crippen LogP contribution in [0.15, 0.2) is 24.3 Å². The smallest absolute Gasteiger partial charge is 0.326 e. The van der Waals surface area contributed by atoms with E-state index in [2.05, 4.69) is 10.6 Å². The fourth-order valence-electron chi connectivity index (χ4n) is 1.87. The zero-order valence-corrected chi connectivity index (χ0v) is 12.7. The summed E-state index contributed by atoms with van der Waals surface area (Å²) >= 11 is 0. The highest BCUT2D eigenvalue weighted by molar-refractivity contribution is 5.82. The molecule has 21 heavy (non-hydrogen) atoms. The quantitative estimate of drug-likeness (QED) is 0.750. The molecule has 0 aliphatic carbocycles.